The highest BCUT2D eigenvalue weighted by molar-refractivity contribution is 7.99. The molecule has 0 bridgehead atoms. The molecular weight excluding hydrogens is 294 g/mol. The number of hydrogen-bond acceptors (Lipinski definition) is 4. The Morgan fingerprint density at radius 2 is 2.10 bits per heavy atom. The van der Waals surface area contributed by atoms with E-state index < -0.39 is 6.10 Å². The van der Waals surface area contributed by atoms with E-state index >= 15 is 0 Å². The number of rotatable bonds is 9. The predicted molar refractivity (Wildman–Crippen MR) is 87.6 cm³/mol. The third-order valence-corrected chi connectivity index (χ3v) is 4.63. The molecule has 0 amide bonds. The summed E-state index contributed by atoms with van der Waals surface area (Å²) in [5.41, 5.74) is 0.942. The molecule has 1 unspecified atom stereocenters. The molecular formula is C15H24ClNO2S. The van der Waals surface area contributed by atoms with E-state index in [2.05, 4.69) is 25.4 Å². The highest BCUT2D eigenvalue weighted by atomic mass is 35.5. The summed E-state index contributed by atoms with van der Waals surface area (Å²) in [7, 11) is 0. The van der Waals surface area contributed by atoms with Crippen LogP contribution in [0, 0.1) is 0 Å². The summed E-state index contributed by atoms with van der Waals surface area (Å²) < 4.78 is 5.67. The van der Waals surface area contributed by atoms with Crippen LogP contribution in [0.15, 0.2) is 24.3 Å². The predicted octanol–water partition coefficient (Wildman–Crippen LogP) is 2.95. The van der Waals surface area contributed by atoms with Gasteiger partial charge in [-0.15, -0.1) is 0 Å². The lowest BCUT2D eigenvalue weighted by molar-refractivity contribution is 0.0288. The first-order valence-corrected chi connectivity index (χ1v) is 8.30. The summed E-state index contributed by atoms with van der Waals surface area (Å²) in [6.07, 6.45) is 1.58. The number of nitrogens with one attached hydrogen (secondary N) is 1. The second kappa shape index (κ2) is 8.90. The van der Waals surface area contributed by atoms with E-state index in [1.807, 2.05) is 24.3 Å². The average molecular weight is 318 g/mol. The van der Waals surface area contributed by atoms with Gasteiger partial charge in [-0.2, -0.15) is 11.8 Å². The Hall–Kier alpha value is -0.260. The summed E-state index contributed by atoms with van der Waals surface area (Å²) in [5.74, 6) is 0. The van der Waals surface area contributed by atoms with E-state index in [0.717, 1.165) is 12.1 Å². The molecule has 0 radical (unpaired) electrons. The van der Waals surface area contributed by atoms with Crippen molar-refractivity contribution >= 4 is 23.4 Å². The second-order valence-corrected chi connectivity index (χ2v) is 7.28. The zero-order valence-electron chi connectivity index (χ0n) is 12.4. The van der Waals surface area contributed by atoms with Gasteiger partial charge in [-0.3, -0.25) is 0 Å². The maximum Gasteiger partial charge on any atom is 0.0897 e. The summed E-state index contributed by atoms with van der Waals surface area (Å²) >= 11 is 7.84. The SMILES string of the molecule is CSC(C)(C)CNCC(O)COCc1ccccc1Cl. The number of aliphatic hydroxyl groups is 1. The lowest BCUT2D eigenvalue weighted by Gasteiger charge is -2.23. The highest BCUT2D eigenvalue weighted by Gasteiger charge is 2.15. The monoisotopic (exact) mass is 317 g/mol. The number of hydrogen-bond donors (Lipinski definition) is 2. The van der Waals surface area contributed by atoms with Gasteiger partial charge in [0.1, 0.15) is 0 Å². The van der Waals surface area contributed by atoms with E-state index in [1.54, 1.807) is 11.8 Å². The van der Waals surface area contributed by atoms with E-state index in [9.17, 15) is 5.11 Å². The smallest absolute Gasteiger partial charge is 0.0897 e. The molecule has 0 aliphatic rings. The molecule has 0 spiro atoms. The topological polar surface area (TPSA) is 41.5 Å². The number of halogens is 1. The van der Waals surface area contributed by atoms with Crippen molar-refractivity contribution in [1.29, 1.82) is 0 Å². The molecule has 2 N–H and O–H groups in total. The lowest BCUT2D eigenvalue weighted by atomic mass is 10.2. The fourth-order valence-corrected chi connectivity index (χ4v) is 2.03. The molecule has 0 aliphatic heterocycles. The van der Waals surface area contributed by atoms with Crippen molar-refractivity contribution in [2.45, 2.75) is 31.3 Å². The molecule has 0 aromatic heterocycles. The van der Waals surface area contributed by atoms with Crippen LogP contribution >= 0.6 is 23.4 Å². The van der Waals surface area contributed by atoms with Crippen LogP contribution in [0.4, 0.5) is 0 Å². The standard InChI is InChI=1S/C15H24ClNO2S/c1-15(2,20-3)11-17-8-13(18)10-19-9-12-6-4-5-7-14(12)16/h4-7,13,17-18H,8-11H2,1-3H3. The summed E-state index contributed by atoms with van der Waals surface area (Å²) in [6.45, 7) is 6.46. The maximum atomic E-state index is 9.84. The zero-order valence-corrected chi connectivity index (χ0v) is 13.9. The third-order valence-electron chi connectivity index (χ3n) is 3.01. The molecule has 0 saturated heterocycles. The minimum absolute atomic E-state index is 0.179. The van der Waals surface area contributed by atoms with Gasteiger partial charge in [-0.05, 0) is 31.7 Å². The van der Waals surface area contributed by atoms with Crippen molar-refractivity contribution in [2.75, 3.05) is 26.0 Å². The largest absolute Gasteiger partial charge is 0.389 e. The van der Waals surface area contributed by atoms with Gasteiger partial charge in [0.15, 0.2) is 0 Å². The Morgan fingerprint density at radius 3 is 2.75 bits per heavy atom. The Bertz CT molecular complexity index is 401. The van der Waals surface area contributed by atoms with Gasteiger partial charge in [-0.1, -0.05) is 29.8 Å². The fourth-order valence-electron chi connectivity index (χ4n) is 1.59. The molecule has 1 atom stereocenters. The molecule has 1 aromatic carbocycles. The van der Waals surface area contributed by atoms with Gasteiger partial charge in [0.2, 0.25) is 0 Å². The first-order valence-electron chi connectivity index (χ1n) is 6.69. The van der Waals surface area contributed by atoms with Crippen LogP contribution < -0.4 is 5.32 Å². The van der Waals surface area contributed by atoms with E-state index in [-0.39, 0.29) is 4.75 Å². The van der Waals surface area contributed by atoms with Crippen LogP contribution in [0.5, 0.6) is 0 Å². The molecule has 1 rings (SSSR count). The normalized spacial score (nSPS) is 13.4. The first kappa shape index (κ1) is 17.8. The van der Waals surface area contributed by atoms with Gasteiger partial charge in [0, 0.05) is 22.9 Å². The molecule has 114 valence electrons. The summed E-state index contributed by atoms with van der Waals surface area (Å²) in [4.78, 5) is 0. The minimum atomic E-state index is -0.504. The van der Waals surface area contributed by atoms with Crippen molar-refractivity contribution in [3.8, 4) is 0 Å². The van der Waals surface area contributed by atoms with Crippen molar-refractivity contribution < 1.29 is 9.84 Å². The Labute approximate surface area is 131 Å². The van der Waals surface area contributed by atoms with Gasteiger partial charge in [0.05, 0.1) is 19.3 Å². The van der Waals surface area contributed by atoms with Crippen LogP contribution in [-0.2, 0) is 11.3 Å². The van der Waals surface area contributed by atoms with Crippen LogP contribution in [0.3, 0.4) is 0 Å². The van der Waals surface area contributed by atoms with Crippen molar-refractivity contribution in [3.05, 3.63) is 34.9 Å². The van der Waals surface area contributed by atoms with E-state index in [0.29, 0.717) is 24.8 Å². The van der Waals surface area contributed by atoms with Gasteiger partial charge in [-0.25, -0.2) is 0 Å². The molecule has 0 aliphatic carbocycles. The van der Waals surface area contributed by atoms with Gasteiger partial charge < -0.3 is 15.2 Å². The Kier molecular flexibility index (Phi) is 7.92. The molecule has 5 heteroatoms. The molecule has 1 aromatic rings. The summed E-state index contributed by atoms with van der Waals surface area (Å²) in [5, 5.41) is 13.8. The fraction of sp³-hybridized carbons (Fsp3) is 0.600. The van der Waals surface area contributed by atoms with Crippen molar-refractivity contribution in [1.82, 2.24) is 5.32 Å². The third kappa shape index (κ3) is 6.95. The van der Waals surface area contributed by atoms with E-state index in [1.165, 1.54) is 0 Å². The molecule has 0 heterocycles. The van der Waals surface area contributed by atoms with Crippen LogP contribution in [-0.4, -0.2) is 41.9 Å². The molecule has 3 nitrogen and oxygen atoms in total. The van der Waals surface area contributed by atoms with Crippen LogP contribution in [0.25, 0.3) is 0 Å². The van der Waals surface area contributed by atoms with Gasteiger partial charge >= 0.3 is 0 Å². The Balaban J connectivity index is 2.18. The second-order valence-electron chi connectivity index (χ2n) is 5.36. The molecule has 0 fully saturated rings. The van der Waals surface area contributed by atoms with Crippen molar-refractivity contribution in [3.63, 3.8) is 0 Å². The highest BCUT2D eigenvalue weighted by Crippen LogP contribution is 2.19. The van der Waals surface area contributed by atoms with E-state index in [4.69, 9.17) is 16.3 Å². The average Bonchev–Trinajstić information content (AvgIpc) is 2.41. The van der Waals surface area contributed by atoms with Crippen LogP contribution in [0.2, 0.25) is 5.02 Å². The quantitative estimate of drug-likeness (QED) is 0.735. The zero-order chi connectivity index (χ0) is 15.0. The van der Waals surface area contributed by atoms with Gasteiger partial charge in [0.25, 0.3) is 0 Å². The lowest BCUT2D eigenvalue weighted by Crippen LogP contribution is -2.38. The first-order chi connectivity index (χ1) is 9.44. The Morgan fingerprint density at radius 1 is 1.40 bits per heavy atom. The molecule has 20 heavy (non-hydrogen) atoms. The molecule has 0 saturated carbocycles. The number of thioether (sulfide) groups is 1. The number of benzene rings is 1. The van der Waals surface area contributed by atoms with Crippen molar-refractivity contribution in [2.24, 2.45) is 0 Å². The number of ether oxygens (including phenoxy) is 1. The van der Waals surface area contributed by atoms with Crippen LogP contribution in [0.1, 0.15) is 19.4 Å². The summed E-state index contributed by atoms with van der Waals surface area (Å²) in [6, 6.07) is 7.57. The maximum absolute atomic E-state index is 9.84. The number of aliphatic hydroxyl groups excluding tert-OH is 1. The minimum Gasteiger partial charge on any atom is -0.389 e.